The molecule has 2 rings (SSSR count). The molecule has 0 unspecified atom stereocenters. The van der Waals surface area contributed by atoms with Crippen molar-refractivity contribution in [3.05, 3.63) is 65.2 Å². The van der Waals surface area contributed by atoms with Crippen LogP contribution in [0.3, 0.4) is 0 Å². The fourth-order valence-electron chi connectivity index (χ4n) is 2.91. The van der Waals surface area contributed by atoms with Gasteiger partial charge in [0.25, 0.3) is 0 Å². The molecule has 0 spiro atoms. The van der Waals surface area contributed by atoms with E-state index in [0.29, 0.717) is 12.2 Å². The van der Waals surface area contributed by atoms with Gasteiger partial charge in [0.05, 0.1) is 11.9 Å². The average Bonchev–Trinajstić information content (AvgIpc) is 2.66. The Hall–Kier alpha value is -1.99. The van der Waals surface area contributed by atoms with Crippen LogP contribution in [0.1, 0.15) is 36.5 Å². The molecule has 0 aliphatic rings. The van der Waals surface area contributed by atoms with Gasteiger partial charge in [-0.05, 0) is 30.0 Å². The fraction of sp³-hybridized carbons (Fsp3) is 0.409. The van der Waals surface area contributed by atoms with E-state index in [-0.39, 0.29) is 18.4 Å². The zero-order valence-electron chi connectivity index (χ0n) is 17.5. The van der Waals surface area contributed by atoms with Gasteiger partial charge < -0.3 is 5.32 Å². The summed E-state index contributed by atoms with van der Waals surface area (Å²) in [5.74, 6) is 1.50. The minimum atomic E-state index is -3.58. The molecule has 0 saturated heterocycles. The van der Waals surface area contributed by atoms with E-state index in [4.69, 9.17) is 0 Å². The van der Waals surface area contributed by atoms with Crippen LogP contribution in [0.4, 0.5) is 5.69 Å². The second-order valence-corrected chi connectivity index (χ2v) is 10.4. The Balaban J connectivity index is 1.90. The summed E-state index contributed by atoms with van der Waals surface area (Å²) in [5.41, 5.74) is 3.95. The van der Waals surface area contributed by atoms with Crippen molar-refractivity contribution >= 4 is 33.4 Å². The minimum Gasteiger partial charge on any atom is -0.354 e. The fourth-order valence-corrected chi connectivity index (χ4v) is 4.60. The number of amides is 1. The molecule has 158 valence electrons. The molecule has 29 heavy (non-hydrogen) atoms. The summed E-state index contributed by atoms with van der Waals surface area (Å²) < 4.78 is 25.9. The lowest BCUT2D eigenvalue weighted by Crippen LogP contribution is -2.41. The van der Waals surface area contributed by atoms with E-state index < -0.39 is 10.0 Å². The first-order valence-electron chi connectivity index (χ1n) is 9.65. The molecule has 1 N–H and O–H groups in total. The number of benzene rings is 2. The molecule has 1 amide bonds. The standard InChI is InChI=1S/C22H30N2O3S2/c1-17(2)20-7-5-6-8-21(20)24(29(4,26)27)15-22(25)23-13-14-28-16-19-11-9-18(3)10-12-19/h5-12,17H,13-16H2,1-4H3,(H,23,25). The van der Waals surface area contributed by atoms with Gasteiger partial charge in [-0.25, -0.2) is 8.42 Å². The summed E-state index contributed by atoms with van der Waals surface area (Å²) >= 11 is 1.73. The third kappa shape index (κ3) is 7.40. The number of rotatable bonds is 10. The summed E-state index contributed by atoms with van der Waals surface area (Å²) in [7, 11) is -3.58. The lowest BCUT2D eigenvalue weighted by atomic mass is 10.0. The molecule has 5 nitrogen and oxygen atoms in total. The summed E-state index contributed by atoms with van der Waals surface area (Å²) in [4.78, 5) is 12.4. The van der Waals surface area contributed by atoms with E-state index in [1.54, 1.807) is 23.9 Å². The smallest absolute Gasteiger partial charge is 0.240 e. The average molecular weight is 435 g/mol. The number of hydrogen-bond acceptors (Lipinski definition) is 4. The molecule has 0 saturated carbocycles. The number of thioether (sulfide) groups is 1. The Kier molecular flexibility index (Phi) is 8.59. The Morgan fingerprint density at radius 3 is 2.38 bits per heavy atom. The van der Waals surface area contributed by atoms with Crippen molar-refractivity contribution in [2.45, 2.75) is 32.4 Å². The molecule has 2 aromatic carbocycles. The highest BCUT2D eigenvalue weighted by atomic mass is 32.2. The number of carbonyl (C=O) groups excluding carboxylic acids is 1. The minimum absolute atomic E-state index is 0.150. The Bertz CT molecular complexity index is 910. The highest BCUT2D eigenvalue weighted by Crippen LogP contribution is 2.28. The SMILES string of the molecule is Cc1ccc(CSCCNC(=O)CN(c2ccccc2C(C)C)S(C)(=O)=O)cc1. The van der Waals surface area contributed by atoms with Gasteiger partial charge in [0.2, 0.25) is 15.9 Å². The second-order valence-electron chi connectivity index (χ2n) is 7.37. The van der Waals surface area contributed by atoms with Crippen LogP contribution >= 0.6 is 11.8 Å². The van der Waals surface area contributed by atoms with Gasteiger partial charge in [-0.1, -0.05) is 61.9 Å². The van der Waals surface area contributed by atoms with Crippen LogP contribution in [0.15, 0.2) is 48.5 Å². The predicted molar refractivity (Wildman–Crippen MR) is 123 cm³/mol. The van der Waals surface area contributed by atoms with E-state index in [9.17, 15) is 13.2 Å². The van der Waals surface area contributed by atoms with Gasteiger partial charge in [-0.2, -0.15) is 11.8 Å². The number of sulfonamides is 1. The molecule has 0 radical (unpaired) electrons. The van der Waals surface area contributed by atoms with Gasteiger partial charge >= 0.3 is 0 Å². The van der Waals surface area contributed by atoms with Gasteiger partial charge in [0.15, 0.2) is 0 Å². The number of para-hydroxylation sites is 1. The molecular formula is C22H30N2O3S2. The lowest BCUT2D eigenvalue weighted by Gasteiger charge is -2.25. The number of carbonyl (C=O) groups is 1. The molecule has 0 fully saturated rings. The number of anilines is 1. The summed E-state index contributed by atoms with van der Waals surface area (Å²) in [6.45, 7) is 6.35. The largest absolute Gasteiger partial charge is 0.354 e. The van der Waals surface area contributed by atoms with E-state index >= 15 is 0 Å². The van der Waals surface area contributed by atoms with Crippen LogP contribution in [0.5, 0.6) is 0 Å². The summed E-state index contributed by atoms with van der Waals surface area (Å²) in [6, 6.07) is 15.7. The molecule has 2 aromatic rings. The van der Waals surface area contributed by atoms with Crippen LogP contribution < -0.4 is 9.62 Å². The second kappa shape index (κ2) is 10.7. The monoisotopic (exact) mass is 434 g/mol. The van der Waals surface area contributed by atoms with Crippen LogP contribution in [0.25, 0.3) is 0 Å². The third-order valence-electron chi connectivity index (χ3n) is 4.47. The Morgan fingerprint density at radius 1 is 1.10 bits per heavy atom. The molecule has 7 heteroatoms. The number of aryl methyl sites for hydroxylation is 1. The van der Waals surface area contributed by atoms with Crippen molar-refractivity contribution in [2.24, 2.45) is 0 Å². The topological polar surface area (TPSA) is 66.5 Å². The highest BCUT2D eigenvalue weighted by molar-refractivity contribution is 7.98. The Labute approximate surface area is 178 Å². The van der Waals surface area contributed by atoms with Crippen LogP contribution in [0.2, 0.25) is 0 Å². The van der Waals surface area contributed by atoms with Crippen molar-refractivity contribution in [3.8, 4) is 0 Å². The number of hydrogen-bond donors (Lipinski definition) is 1. The first kappa shape index (κ1) is 23.3. The van der Waals surface area contributed by atoms with Gasteiger partial charge in [-0.15, -0.1) is 0 Å². The zero-order valence-corrected chi connectivity index (χ0v) is 19.1. The summed E-state index contributed by atoms with van der Waals surface area (Å²) in [5, 5.41) is 2.83. The van der Waals surface area contributed by atoms with Crippen LogP contribution in [0, 0.1) is 6.92 Å². The molecule has 0 aliphatic heterocycles. The summed E-state index contributed by atoms with van der Waals surface area (Å²) in [6.07, 6.45) is 1.13. The van der Waals surface area contributed by atoms with Crippen molar-refractivity contribution in [2.75, 3.05) is 29.4 Å². The quantitative estimate of drug-likeness (QED) is 0.575. The maximum atomic E-state index is 12.4. The van der Waals surface area contributed by atoms with Crippen LogP contribution in [-0.2, 0) is 20.6 Å². The van der Waals surface area contributed by atoms with Gasteiger partial charge in [-0.3, -0.25) is 9.10 Å². The van der Waals surface area contributed by atoms with Crippen molar-refractivity contribution in [1.82, 2.24) is 5.32 Å². The normalized spacial score (nSPS) is 11.5. The maximum Gasteiger partial charge on any atom is 0.240 e. The highest BCUT2D eigenvalue weighted by Gasteiger charge is 2.23. The first-order valence-corrected chi connectivity index (χ1v) is 12.7. The Morgan fingerprint density at radius 2 is 1.76 bits per heavy atom. The third-order valence-corrected chi connectivity index (χ3v) is 6.63. The predicted octanol–water partition coefficient (Wildman–Crippen LogP) is 3.93. The zero-order chi connectivity index (χ0) is 21.4. The molecular weight excluding hydrogens is 404 g/mol. The van der Waals surface area contributed by atoms with Crippen LogP contribution in [-0.4, -0.2) is 39.4 Å². The maximum absolute atomic E-state index is 12.4. The number of nitrogens with zero attached hydrogens (tertiary/aromatic N) is 1. The molecule has 0 aromatic heterocycles. The van der Waals surface area contributed by atoms with E-state index in [1.165, 1.54) is 15.4 Å². The van der Waals surface area contributed by atoms with Crippen molar-refractivity contribution < 1.29 is 13.2 Å². The molecule has 0 heterocycles. The van der Waals surface area contributed by atoms with Crippen molar-refractivity contribution in [3.63, 3.8) is 0 Å². The first-order chi connectivity index (χ1) is 13.7. The lowest BCUT2D eigenvalue weighted by molar-refractivity contribution is -0.119. The van der Waals surface area contributed by atoms with E-state index in [1.807, 2.05) is 26.0 Å². The molecule has 0 bridgehead atoms. The van der Waals surface area contributed by atoms with Gasteiger partial charge in [0, 0.05) is 18.1 Å². The van der Waals surface area contributed by atoms with Crippen molar-refractivity contribution in [1.29, 1.82) is 0 Å². The number of nitrogens with one attached hydrogen (secondary N) is 1. The van der Waals surface area contributed by atoms with E-state index in [0.717, 1.165) is 23.3 Å². The molecule has 0 atom stereocenters. The van der Waals surface area contributed by atoms with Gasteiger partial charge in [0.1, 0.15) is 6.54 Å². The molecule has 0 aliphatic carbocycles. The van der Waals surface area contributed by atoms with E-state index in [2.05, 4.69) is 36.5 Å².